The second-order valence-corrected chi connectivity index (χ2v) is 6.10. The predicted molar refractivity (Wildman–Crippen MR) is 83.8 cm³/mol. The van der Waals surface area contributed by atoms with E-state index < -0.39 is 0 Å². The molecular weight excluding hydrogens is 320 g/mol. The number of Topliss-reactive ketones (excluding diaryl/α,β-unsaturated/α-hetero) is 1. The van der Waals surface area contributed by atoms with Crippen LogP contribution < -0.4 is 5.32 Å². The van der Waals surface area contributed by atoms with Crippen LogP contribution in [0.3, 0.4) is 0 Å². The molecule has 0 spiro atoms. The summed E-state index contributed by atoms with van der Waals surface area (Å²) < 4.78 is 0.936. The van der Waals surface area contributed by atoms with Crippen molar-refractivity contribution in [2.75, 3.05) is 13.6 Å². The molecular formula is C15H21BrN2O2. The second-order valence-electron chi connectivity index (χ2n) is 5.18. The largest absolute Gasteiger partial charge is 0.353 e. The van der Waals surface area contributed by atoms with Gasteiger partial charge in [-0.2, -0.15) is 0 Å². The Hall–Kier alpha value is -1.20. The van der Waals surface area contributed by atoms with E-state index in [1.807, 2.05) is 32.9 Å². The van der Waals surface area contributed by atoms with Crippen LogP contribution in [0.5, 0.6) is 0 Å². The lowest BCUT2D eigenvalue weighted by Gasteiger charge is -2.23. The van der Waals surface area contributed by atoms with Gasteiger partial charge in [-0.15, -0.1) is 0 Å². The van der Waals surface area contributed by atoms with Gasteiger partial charge in [0.05, 0.1) is 12.6 Å². The number of nitrogens with one attached hydrogen (secondary N) is 1. The van der Waals surface area contributed by atoms with Crippen molar-refractivity contribution in [2.45, 2.75) is 32.9 Å². The summed E-state index contributed by atoms with van der Waals surface area (Å²) in [7, 11) is 1.78. The Morgan fingerprint density at radius 1 is 1.20 bits per heavy atom. The Morgan fingerprint density at radius 2 is 1.75 bits per heavy atom. The molecule has 0 fully saturated rings. The Kier molecular flexibility index (Phi) is 6.36. The molecule has 1 rings (SSSR count). The van der Waals surface area contributed by atoms with Gasteiger partial charge in [-0.1, -0.05) is 28.1 Å². The van der Waals surface area contributed by atoms with Crippen molar-refractivity contribution in [1.82, 2.24) is 10.2 Å². The molecule has 1 aromatic rings. The molecule has 1 atom stereocenters. The van der Waals surface area contributed by atoms with E-state index in [0.29, 0.717) is 5.56 Å². The van der Waals surface area contributed by atoms with Gasteiger partial charge in [0.25, 0.3) is 0 Å². The quantitative estimate of drug-likeness (QED) is 0.809. The van der Waals surface area contributed by atoms with Gasteiger partial charge in [-0.25, -0.2) is 0 Å². The number of hydrogen-bond donors (Lipinski definition) is 1. The van der Waals surface area contributed by atoms with E-state index in [1.54, 1.807) is 24.1 Å². The summed E-state index contributed by atoms with van der Waals surface area (Å²) in [4.78, 5) is 25.8. The van der Waals surface area contributed by atoms with Crippen molar-refractivity contribution in [1.29, 1.82) is 0 Å². The molecule has 1 unspecified atom stereocenters. The molecule has 110 valence electrons. The van der Waals surface area contributed by atoms with Crippen molar-refractivity contribution in [3.05, 3.63) is 34.3 Å². The SMILES string of the molecule is CC(C)NC(=O)CN(C)C(C)C(=O)c1ccc(Br)cc1. The minimum Gasteiger partial charge on any atom is -0.353 e. The zero-order chi connectivity index (χ0) is 15.3. The van der Waals surface area contributed by atoms with Gasteiger partial charge in [0.15, 0.2) is 5.78 Å². The maximum absolute atomic E-state index is 12.3. The molecule has 1 N–H and O–H groups in total. The molecule has 0 saturated heterocycles. The molecule has 5 heteroatoms. The van der Waals surface area contributed by atoms with Crippen LogP contribution in [0, 0.1) is 0 Å². The highest BCUT2D eigenvalue weighted by Crippen LogP contribution is 2.13. The zero-order valence-electron chi connectivity index (χ0n) is 12.3. The van der Waals surface area contributed by atoms with Crippen LogP contribution in [-0.4, -0.2) is 42.3 Å². The maximum atomic E-state index is 12.3. The van der Waals surface area contributed by atoms with Crippen LogP contribution in [-0.2, 0) is 4.79 Å². The Morgan fingerprint density at radius 3 is 2.25 bits per heavy atom. The van der Waals surface area contributed by atoms with Gasteiger partial charge in [0.1, 0.15) is 0 Å². The van der Waals surface area contributed by atoms with Crippen molar-refractivity contribution >= 4 is 27.6 Å². The van der Waals surface area contributed by atoms with Crippen LogP contribution in [0.25, 0.3) is 0 Å². The van der Waals surface area contributed by atoms with Gasteiger partial charge >= 0.3 is 0 Å². The third-order valence-corrected chi connectivity index (χ3v) is 3.54. The van der Waals surface area contributed by atoms with Crippen LogP contribution in [0.2, 0.25) is 0 Å². The summed E-state index contributed by atoms with van der Waals surface area (Å²) in [5, 5.41) is 2.82. The van der Waals surface area contributed by atoms with E-state index in [9.17, 15) is 9.59 Å². The summed E-state index contributed by atoms with van der Waals surface area (Å²) in [6.45, 7) is 5.84. The first-order chi connectivity index (χ1) is 9.31. The Bertz CT molecular complexity index is 471. The van der Waals surface area contributed by atoms with E-state index >= 15 is 0 Å². The smallest absolute Gasteiger partial charge is 0.234 e. The Labute approximate surface area is 128 Å². The van der Waals surface area contributed by atoms with E-state index in [0.717, 1.165) is 4.47 Å². The third-order valence-electron chi connectivity index (χ3n) is 3.01. The van der Waals surface area contributed by atoms with Crippen LogP contribution in [0.1, 0.15) is 31.1 Å². The number of benzene rings is 1. The average Bonchev–Trinajstić information content (AvgIpc) is 2.36. The van der Waals surface area contributed by atoms with E-state index in [-0.39, 0.29) is 30.3 Å². The molecule has 0 aliphatic rings. The highest BCUT2D eigenvalue weighted by molar-refractivity contribution is 9.10. The lowest BCUT2D eigenvalue weighted by molar-refractivity contribution is -0.122. The number of rotatable bonds is 6. The lowest BCUT2D eigenvalue weighted by Crippen LogP contribution is -2.44. The summed E-state index contributed by atoms with van der Waals surface area (Å²) in [6, 6.07) is 7.01. The number of halogens is 1. The third kappa shape index (κ3) is 5.06. The first-order valence-electron chi connectivity index (χ1n) is 6.60. The minimum atomic E-state index is -0.339. The van der Waals surface area contributed by atoms with Gasteiger partial charge in [0, 0.05) is 16.1 Å². The highest BCUT2D eigenvalue weighted by atomic mass is 79.9. The number of ketones is 1. The number of hydrogen-bond acceptors (Lipinski definition) is 3. The van der Waals surface area contributed by atoms with Crippen molar-refractivity contribution in [3.63, 3.8) is 0 Å². The van der Waals surface area contributed by atoms with Crippen molar-refractivity contribution in [2.24, 2.45) is 0 Å². The molecule has 0 aromatic heterocycles. The van der Waals surface area contributed by atoms with Crippen LogP contribution in [0.4, 0.5) is 0 Å². The molecule has 4 nitrogen and oxygen atoms in total. The predicted octanol–water partition coefficient (Wildman–Crippen LogP) is 2.48. The number of amides is 1. The van der Waals surface area contributed by atoms with Gasteiger partial charge in [-0.3, -0.25) is 14.5 Å². The first-order valence-corrected chi connectivity index (χ1v) is 7.40. The zero-order valence-corrected chi connectivity index (χ0v) is 13.9. The molecule has 0 bridgehead atoms. The van der Waals surface area contributed by atoms with Crippen LogP contribution >= 0.6 is 15.9 Å². The number of carbonyl (C=O) groups is 2. The fraction of sp³-hybridized carbons (Fsp3) is 0.467. The molecule has 0 radical (unpaired) electrons. The van der Waals surface area contributed by atoms with Crippen molar-refractivity contribution < 1.29 is 9.59 Å². The molecule has 0 heterocycles. The van der Waals surface area contributed by atoms with E-state index in [1.165, 1.54) is 0 Å². The maximum Gasteiger partial charge on any atom is 0.234 e. The van der Waals surface area contributed by atoms with Gasteiger partial charge in [-0.05, 0) is 40.0 Å². The van der Waals surface area contributed by atoms with Gasteiger partial charge < -0.3 is 5.32 Å². The molecule has 20 heavy (non-hydrogen) atoms. The lowest BCUT2D eigenvalue weighted by atomic mass is 10.0. The van der Waals surface area contributed by atoms with E-state index in [4.69, 9.17) is 0 Å². The highest BCUT2D eigenvalue weighted by Gasteiger charge is 2.21. The monoisotopic (exact) mass is 340 g/mol. The number of nitrogens with zero attached hydrogens (tertiary/aromatic N) is 1. The number of carbonyl (C=O) groups excluding carboxylic acids is 2. The molecule has 0 aliphatic heterocycles. The average molecular weight is 341 g/mol. The topological polar surface area (TPSA) is 49.4 Å². The Balaban J connectivity index is 2.64. The van der Waals surface area contributed by atoms with Crippen molar-refractivity contribution in [3.8, 4) is 0 Å². The molecule has 1 aromatic carbocycles. The molecule has 0 aliphatic carbocycles. The summed E-state index contributed by atoms with van der Waals surface area (Å²) >= 11 is 3.34. The molecule has 0 saturated carbocycles. The van der Waals surface area contributed by atoms with E-state index in [2.05, 4.69) is 21.2 Å². The fourth-order valence-corrected chi connectivity index (χ4v) is 2.05. The normalized spacial score (nSPS) is 12.6. The van der Waals surface area contributed by atoms with Crippen LogP contribution in [0.15, 0.2) is 28.7 Å². The standard InChI is InChI=1S/C15H21BrN2O2/c1-10(2)17-14(19)9-18(4)11(3)15(20)12-5-7-13(16)8-6-12/h5-8,10-11H,9H2,1-4H3,(H,17,19). The number of likely N-dealkylation sites (N-methyl/N-ethyl adjacent to an activating group) is 1. The first kappa shape index (κ1) is 16.9. The summed E-state index contributed by atoms with van der Waals surface area (Å²) in [6.07, 6.45) is 0. The fourth-order valence-electron chi connectivity index (χ4n) is 1.79. The minimum absolute atomic E-state index is 0.0114. The second kappa shape index (κ2) is 7.55. The van der Waals surface area contributed by atoms with Gasteiger partial charge in [0.2, 0.25) is 5.91 Å². The molecule has 1 amide bonds. The summed E-state index contributed by atoms with van der Waals surface area (Å²) in [5.41, 5.74) is 0.650. The summed E-state index contributed by atoms with van der Waals surface area (Å²) in [5.74, 6) is -0.0599.